The van der Waals surface area contributed by atoms with Crippen LogP contribution in [-0.2, 0) is 6.54 Å². The minimum atomic E-state index is -4.47. The van der Waals surface area contributed by atoms with Gasteiger partial charge in [-0.15, -0.1) is 15.3 Å². The van der Waals surface area contributed by atoms with Gasteiger partial charge in [0, 0.05) is 12.7 Å². The predicted molar refractivity (Wildman–Crippen MR) is 96.4 cm³/mol. The first-order chi connectivity index (χ1) is 13.7. The number of carbonyl (C=O) groups excluding carboxylic acids is 1. The van der Waals surface area contributed by atoms with Crippen LogP contribution >= 0.6 is 0 Å². The maximum atomic E-state index is 13.1. The molecule has 0 aromatic carbocycles. The number of pyridine rings is 1. The number of methoxy groups -OCH3 is 1. The molecule has 3 rings (SSSR count). The Morgan fingerprint density at radius 1 is 1.34 bits per heavy atom. The molecule has 9 nitrogen and oxygen atoms in total. The average molecular weight is 409 g/mol. The van der Waals surface area contributed by atoms with Crippen molar-refractivity contribution in [1.82, 2.24) is 29.5 Å². The molecule has 3 aromatic heterocycles. The van der Waals surface area contributed by atoms with Gasteiger partial charge in [-0.25, -0.2) is 4.98 Å². The van der Waals surface area contributed by atoms with E-state index in [2.05, 4.69) is 25.6 Å². The third-order valence-corrected chi connectivity index (χ3v) is 4.17. The molecule has 0 aliphatic heterocycles. The Kier molecular flexibility index (Phi) is 5.52. The zero-order valence-electron chi connectivity index (χ0n) is 15.8. The lowest BCUT2D eigenvalue weighted by molar-refractivity contribution is -0.162. The molecule has 1 N–H and O–H groups in total. The number of rotatable bonds is 6. The second kappa shape index (κ2) is 7.89. The van der Waals surface area contributed by atoms with Crippen LogP contribution in [0, 0.1) is 0 Å². The van der Waals surface area contributed by atoms with Gasteiger partial charge in [0.2, 0.25) is 5.88 Å². The molecule has 0 spiro atoms. The van der Waals surface area contributed by atoms with Crippen LogP contribution in [-0.4, -0.2) is 48.7 Å². The lowest BCUT2D eigenvalue weighted by Crippen LogP contribution is -2.24. The van der Waals surface area contributed by atoms with E-state index in [9.17, 15) is 18.0 Å². The molecular weight excluding hydrogens is 391 g/mol. The van der Waals surface area contributed by atoms with Gasteiger partial charge in [0.25, 0.3) is 5.91 Å². The first-order valence-electron chi connectivity index (χ1n) is 8.61. The summed E-state index contributed by atoms with van der Waals surface area (Å²) in [7, 11) is 1.40. The smallest absolute Gasteiger partial charge is 0.408 e. The predicted octanol–water partition coefficient (Wildman–Crippen LogP) is 2.94. The number of aryl methyl sites for hydroxylation is 1. The summed E-state index contributed by atoms with van der Waals surface area (Å²) in [4.78, 5) is 16.8. The molecule has 1 atom stereocenters. The quantitative estimate of drug-likeness (QED) is 0.672. The first kappa shape index (κ1) is 20.3. The molecule has 0 bridgehead atoms. The van der Waals surface area contributed by atoms with E-state index in [-0.39, 0.29) is 28.8 Å². The SMILES string of the molecule is CCn1cc(C(=O)Nc2cccc(-c3nncn3[C@H](C)C(F)(F)F)n2)c(OC)n1. The fourth-order valence-electron chi connectivity index (χ4n) is 2.55. The Labute approximate surface area is 163 Å². The Bertz CT molecular complexity index is 1010. The molecule has 12 heteroatoms. The van der Waals surface area contributed by atoms with Gasteiger partial charge in [-0.2, -0.15) is 13.2 Å². The molecule has 0 fully saturated rings. The highest BCUT2D eigenvalue weighted by molar-refractivity contribution is 6.05. The fraction of sp³-hybridized carbons (Fsp3) is 0.353. The molecule has 3 aromatic rings. The maximum Gasteiger partial charge on any atom is 0.408 e. The van der Waals surface area contributed by atoms with E-state index in [0.29, 0.717) is 6.54 Å². The summed E-state index contributed by atoms with van der Waals surface area (Å²) in [5.41, 5.74) is 0.336. The van der Waals surface area contributed by atoms with Crippen molar-refractivity contribution in [2.45, 2.75) is 32.6 Å². The zero-order valence-corrected chi connectivity index (χ0v) is 15.8. The molecule has 0 aliphatic carbocycles. The first-order valence-corrected chi connectivity index (χ1v) is 8.61. The molecule has 0 unspecified atom stereocenters. The molecule has 29 heavy (non-hydrogen) atoms. The van der Waals surface area contributed by atoms with E-state index < -0.39 is 18.1 Å². The number of alkyl halides is 3. The van der Waals surface area contributed by atoms with Gasteiger partial charge < -0.3 is 14.6 Å². The second-order valence-electron chi connectivity index (χ2n) is 6.05. The van der Waals surface area contributed by atoms with Crippen LogP contribution in [0.5, 0.6) is 5.88 Å². The molecule has 0 saturated heterocycles. The summed E-state index contributed by atoms with van der Waals surface area (Å²) in [6, 6.07) is 2.69. The van der Waals surface area contributed by atoms with Crippen LogP contribution in [0.2, 0.25) is 0 Å². The van der Waals surface area contributed by atoms with Crippen LogP contribution in [0.25, 0.3) is 11.5 Å². The highest BCUT2D eigenvalue weighted by Crippen LogP contribution is 2.32. The van der Waals surface area contributed by atoms with Gasteiger partial charge >= 0.3 is 6.18 Å². The molecule has 0 saturated carbocycles. The Balaban J connectivity index is 1.87. The summed E-state index contributed by atoms with van der Waals surface area (Å²) < 4.78 is 46.7. The van der Waals surface area contributed by atoms with E-state index in [0.717, 1.165) is 17.8 Å². The lowest BCUT2D eigenvalue weighted by atomic mass is 10.2. The Hall–Kier alpha value is -3.44. The molecule has 154 valence electrons. The third kappa shape index (κ3) is 4.20. The van der Waals surface area contributed by atoms with Gasteiger partial charge in [0.05, 0.1) is 7.11 Å². The Morgan fingerprint density at radius 3 is 2.76 bits per heavy atom. The largest absolute Gasteiger partial charge is 0.479 e. The van der Waals surface area contributed by atoms with Crippen molar-refractivity contribution in [1.29, 1.82) is 0 Å². The number of hydrogen-bond acceptors (Lipinski definition) is 6. The van der Waals surface area contributed by atoms with Crippen molar-refractivity contribution in [2.75, 3.05) is 12.4 Å². The highest BCUT2D eigenvalue weighted by atomic mass is 19.4. The van der Waals surface area contributed by atoms with E-state index in [4.69, 9.17) is 4.74 Å². The van der Waals surface area contributed by atoms with Crippen LogP contribution < -0.4 is 10.1 Å². The third-order valence-electron chi connectivity index (χ3n) is 4.17. The average Bonchev–Trinajstić information content (AvgIpc) is 3.33. The number of aromatic nitrogens is 6. The van der Waals surface area contributed by atoms with Crippen molar-refractivity contribution in [3.63, 3.8) is 0 Å². The number of nitrogens with one attached hydrogen (secondary N) is 1. The van der Waals surface area contributed by atoms with Crippen LogP contribution in [0.3, 0.4) is 0 Å². The van der Waals surface area contributed by atoms with Crippen molar-refractivity contribution in [3.05, 3.63) is 36.3 Å². The van der Waals surface area contributed by atoms with Crippen molar-refractivity contribution in [3.8, 4) is 17.4 Å². The zero-order chi connectivity index (χ0) is 21.2. The number of hydrogen-bond donors (Lipinski definition) is 1. The van der Waals surface area contributed by atoms with Gasteiger partial charge in [0.15, 0.2) is 5.82 Å². The van der Waals surface area contributed by atoms with Gasteiger partial charge in [-0.3, -0.25) is 9.48 Å². The summed E-state index contributed by atoms with van der Waals surface area (Å²) in [5, 5.41) is 14.0. The molecular formula is C17H18F3N7O2. The molecule has 1 amide bonds. The van der Waals surface area contributed by atoms with Gasteiger partial charge in [0.1, 0.15) is 29.4 Å². The summed E-state index contributed by atoms with van der Waals surface area (Å²) in [6.07, 6.45) is -1.96. The standard InChI is InChI=1S/C17H18F3N7O2/c1-4-26-8-11(16(25-26)29-3)15(28)23-13-7-5-6-12(22-13)14-24-21-9-27(14)10(2)17(18,19)20/h5-10H,4H2,1-3H3,(H,22,23,28)/t10-/m1/s1. The molecule has 3 heterocycles. The summed E-state index contributed by atoms with van der Waals surface area (Å²) in [6.45, 7) is 3.40. The van der Waals surface area contributed by atoms with E-state index in [1.807, 2.05) is 6.92 Å². The monoisotopic (exact) mass is 409 g/mol. The van der Waals surface area contributed by atoms with Crippen molar-refractivity contribution < 1.29 is 22.7 Å². The van der Waals surface area contributed by atoms with Crippen LogP contribution in [0.1, 0.15) is 30.2 Å². The van der Waals surface area contributed by atoms with Crippen LogP contribution in [0.4, 0.5) is 19.0 Å². The Morgan fingerprint density at radius 2 is 2.10 bits per heavy atom. The highest BCUT2D eigenvalue weighted by Gasteiger charge is 2.38. The van der Waals surface area contributed by atoms with Crippen LogP contribution in [0.15, 0.2) is 30.7 Å². The topological polar surface area (TPSA) is 99.8 Å². The minimum Gasteiger partial charge on any atom is -0.479 e. The summed E-state index contributed by atoms with van der Waals surface area (Å²) in [5.74, 6) is -0.300. The number of nitrogens with zero attached hydrogens (tertiary/aromatic N) is 6. The molecule has 0 radical (unpaired) electrons. The fourth-order valence-corrected chi connectivity index (χ4v) is 2.55. The van der Waals surface area contributed by atoms with E-state index in [1.54, 1.807) is 10.7 Å². The second-order valence-corrected chi connectivity index (χ2v) is 6.05. The lowest BCUT2D eigenvalue weighted by Gasteiger charge is -2.18. The van der Waals surface area contributed by atoms with Gasteiger partial charge in [-0.1, -0.05) is 6.07 Å². The van der Waals surface area contributed by atoms with E-state index in [1.165, 1.54) is 25.4 Å². The van der Waals surface area contributed by atoms with E-state index >= 15 is 0 Å². The minimum absolute atomic E-state index is 0.0673. The number of carbonyl (C=O) groups is 1. The van der Waals surface area contributed by atoms with Crippen molar-refractivity contribution >= 4 is 11.7 Å². The molecule has 0 aliphatic rings. The van der Waals surface area contributed by atoms with Gasteiger partial charge in [-0.05, 0) is 26.0 Å². The number of anilines is 1. The van der Waals surface area contributed by atoms with Crippen molar-refractivity contribution in [2.24, 2.45) is 0 Å². The number of ether oxygens (including phenoxy) is 1. The summed E-state index contributed by atoms with van der Waals surface area (Å²) >= 11 is 0. The number of halogens is 3. The maximum absolute atomic E-state index is 13.1. The number of amides is 1. The normalized spacial score (nSPS) is 12.6.